The molecule has 4 fully saturated rings. The number of likely N-dealkylation sites (N-methyl/N-ethyl adjacent to an activating group) is 1. The van der Waals surface area contributed by atoms with E-state index in [1.807, 2.05) is 32.2 Å². The van der Waals surface area contributed by atoms with E-state index in [1.165, 1.54) is 57.8 Å². The Balaban J connectivity index is 1.24. The molecule has 1 aliphatic carbocycles. The summed E-state index contributed by atoms with van der Waals surface area (Å²) in [6, 6.07) is 10.5. The molecule has 1 aromatic heterocycles. The third kappa shape index (κ3) is 5.54. The number of nitrogens with zero attached hydrogens (tertiary/aromatic N) is 5. The van der Waals surface area contributed by atoms with Crippen LogP contribution in [0.25, 0.3) is 11.0 Å². The smallest absolute Gasteiger partial charge is 0.320 e. The first-order chi connectivity index (χ1) is 19.5. The first-order valence-corrected chi connectivity index (χ1v) is 15.9. The first-order valence-electron chi connectivity index (χ1n) is 15.9. The topological polar surface area (TPSA) is 70.9 Å². The minimum Gasteiger partial charge on any atom is -0.465 e. The van der Waals surface area contributed by atoms with E-state index in [4.69, 9.17) is 9.72 Å². The zero-order chi connectivity index (χ0) is 27.6. The van der Waals surface area contributed by atoms with E-state index in [1.54, 1.807) is 0 Å². The van der Waals surface area contributed by atoms with Crippen LogP contribution in [-0.4, -0.2) is 82.8 Å². The van der Waals surface area contributed by atoms with Crippen LogP contribution in [0.4, 0.5) is 5.82 Å². The van der Waals surface area contributed by atoms with Gasteiger partial charge < -0.3 is 14.2 Å². The van der Waals surface area contributed by atoms with Crippen LogP contribution in [0.1, 0.15) is 90.0 Å². The van der Waals surface area contributed by atoms with Gasteiger partial charge in [-0.3, -0.25) is 19.4 Å². The summed E-state index contributed by atoms with van der Waals surface area (Å²) in [5.74, 6) is 0.371. The summed E-state index contributed by atoms with van der Waals surface area (Å²) in [6.45, 7) is 3.96. The van der Waals surface area contributed by atoms with Gasteiger partial charge in [0.2, 0.25) is 0 Å². The fourth-order valence-corrected chi connectivity index (χ4v) is 8.27. The predicted octanol–water partition coefficient (Wildman–Crippen LogP) is 4.75. The average Bonchev–Trinajstić information content (AvgIpc) is 3.51. The Hall–Kier alpha value is -2.45. The molecule has 6 rings (SSSR count). The summed E-state index contributed by atoms with van der Waals surface area (Å²) in [6.07, 6.45) is 15.2. The molecule has 40 heavy (non-hydrogen) atoms. The zero-order valence-corrected chi connectivity index (χ0v) is 24.5. The van der Waals surface area contributed by atoms with Gasteiger partial charge in [0, 0.05) is 43.3 Å². The highest BCUT2D eigenvalue weighted by Crippen LogP contribution is 2.44. The summed E-state index contributed by atoms with van der Waals surface area (Å²) in [7, 11) is 1.97. The number of aromatic nitrogens is 2. The van der Waals surface area contributed by atoms with Crippen molar-refractivity contribution in [1.82, 2.24) is 19.4 Å². The van der Waals surface area contributed by atoms with Crippen molar-refractivity contribution in [2.75, 3.05) is 38.2 Å². The van der Waals surface area contributed by atoms with Gasteiger partial charge in [-0.05, 0) is 71.0 Å². The molecule has 4 atom stereocenters. The molecule has 4 heterocycles. The summed E-state index contributed by atoms with van der Waals surface area (Å²) in [4.78, 5) is 38.4. The van der Waals surface area contributed by atoms with Crippen LogP contribution in [-0.2, 0) is 9.53 Å². The van der Waals surface area contributed by atoms with Gasteiger partial charge in [-0.15, -0.1) is 0 Å². The van der Waals surface area contributed by atoms with Gasteiger partial charge >= 0.3 is 5.97 Å². The van der Waals surface area contributed by atoms with Crippen LogP contribution in [0.5, 0.6) is 0 Å². The van der Waals surface area contributed by atoms with Crippen molar-refractivity contribution in [3.8, 4) is 0 Å². The van der Waals surface area contributed by atoms with Gasteiger partial charge in [-0.1, -0.05) is 44.2 Å². The number of anilines is 1. The van der Waals surface area contributed by atoms with Crippen molar-refractivity contribution >= 4 is 22.8 Å². The van der Waals surface area contributed by atoms with Crippen LogP contribution in [0, 0.1) is 0 Å². The number of carbonyl (C=O) groups is 1. The molecular weight excluding hydrogens is 502 g/mol. The standard InChI is InChI=1S/C32H47N5O3/c1-3-40-30(38)22-34(2)26-17-18-35(21-26)31-32(39)37(29-14-10-9-13-28(29)33-31)27-19-24-15-16-25(20-27)36(24)23-11-7-5-4-6-8-12-23/h9-10,13-14,23-27H,3-8,11-12,15-22H2,1-2H3/t24-,25+,26-,27?/m0/s1. The SMILES string of the molecule is CCOC(=O)CN(C)[C@H]1CCN(c2nc3ccccc3n(C3C[C@H]4CC[C@@H](C3)N4C3CCCCCCC3)c2=O)C1. The van der Waals surface area contributed by atoms with Crippen LogP contribution < -0.4 is 10.5 Å². The molecule has 1 aromatic carbocycles. The van der Waals surface area contributed by atoms with Crippen molar-refractivity contribution in [3.63, 3.8) is 0 Å². The Bertz CT molecular complexity index is 1220. The van der Waals surface area contributed by atoms with Gasteiger partial charge in [-0.2, -0.15) is 0 Å². The van der Waals surface area contributed by atoms with Crippen molar-refractivity contribution in [1.29, 1.82) is 0 Å². The number of ether oxygens (including phenoxy) is 1. The summed E-state index contributed by atoms with van der Waals surface area (Å²) in [5.41, 5.74) is 1.92. The second kappa shape index (κ2) is 12.2. The number of hydrogen-bond acceptors (Lipinski definition) is 7. The minimum atomic E-state index is -0.199. The van der Waals surface area contributed by atoms with Crippen molar-refractivity contribution in [2.45, 2.75) is 114 Å². The Morgan fingerprint density at radius 1 is 0.950 bits per heavy atom. The molecule has 8 heteroatoms. The van der Waals surface area contributed by atoms with Gasteiger partial charge in [0.25, 0.3) is 5.56 Å². The largest absolute Gasteiger partial charge is 0.465 e. The van der Waals surface area contributed by atoms with Gasteiger partial charge in [0.05, 0.1) is 24.2 Å². The molecule has 3 aliphatic heterocycles. The molecule has 4 aliphatic rings. The van der Waals surface area contributed by atoms with Gasteiger partial charge in [0.15, 0.2) is 5.82 Å². The van der Waals surface area contributed by atoms with Crippen LogP contribution in [0.15, 0.2) is 29.1 Å². The molecule has 0 spiro atoms. The highest BCUT2D eigenvalue weighted by Gasteiger charge is 2.45. The van der Waals surface area contributed by atoms with Crippen molar-refractivity contribution < 1.29 is 9.53 Å². The van der Waals surface area contributed by atoms with E-state index in [-0.39, 0.29) is 30.2 Å². The molecule has 8 nitrogen and oxygen atoms in total. The van der Waals surface area contributed by atoms with Crippen LogP contribution in [0.2, 0.25) is 0 Å². The fraction of sp³-hybridized carbons (Fsp3) is 0.719. The Labute approximate surface area is 238 Å². The molecule has 2 aromatic rings. The molecule has 0 amide bonds. The van der Waals surface area contributed by atoms with E-state index in [0.29, 0.717) is 31.1 Å². The quantitative estimate of drug-likeness (QED) is 0.462. The van der Waals surface area contributed by atoms with Gasteiger partial charge in [0.1, 0.15) is 0 Å². The highest BCUT2D eigenvalue weighted by atomic mass is 16.5. The number of piperidine rings is 1. The first kappa shape index (κ1) is 27.7. The zero-order valence-electron chi connectivity index (χ0n) is 24.5. The summed E-state index contributed by atoms with van der Waals surface area (Å²) in [5, 5.41) is 0. The molecule has 0 N–H and O–H groups in total. The molecule has 218 valence electrons. The number of hydrogen-bond donors (Lipinski definition) is 0. The minimum absolute atomic E-state index is 0.0520. The maximum absolute atomic E-state index is 14.3. The molecular formula is C32H47N5O3. The van der Waals surface area contributed by atoms with Gasteiger partial charge in [-0.25, -0.2) is 4.98 Å². The van der Waals surface area contributed by atoms with E-state index in [2.05, 4.69) is 25.3 Å². The molecule has 1 saturated carbocycles. The molecule has 0 radical (unpaired) electrons. The lowest BCUT2D eigenvalue weighted by Crippen LogP contribution is -2.50. The van der Waals surface area contributed by atoms with E-state index < -0.39 is 0 Å². The highest BCUT2D eigenvalue weighted by molar-refractivity contribution is 5.76. The number of fused-ring (bicyclic) bond motifs is 3. The lowest BCUT2D eigenvalue weighted by molar-refractivity contribution is -0.144. The van der Waals surface area contributed by atoms with Crippen LogP contribution >= 0.6 is 0 Å². The maximum Gasteiger partial charge on any atom is 0.320 e. The molecule has 1 unspecified atom stereocenters. The fourth-order valence-electron chi connectivity index (χ4n) is 8.27. The Morgan fingerprint density at radius 2 is 1.65 bits per heavy atom. The lowest BCUT2D eigenvalue weighted by atomic mass is 9.89. The summed E-state index contributed by atoms with van der Waals surface area (Å²) >= 11 is 0. The number of esters is 1. The monoisotopic (exact) mass is 549 g/mol. The summed E-state index contributed by atoms with van der Waals surface area (Å²) < 4.78 is 7.27. The van der Waals surface area contributed by atoms with Crippen molar-refractivity contribution in [2.24, 2.45) is 0 Å². The second-order valence-corrected chi connectivity index (χ2v) is 12.7. The number of benzene rings is 1. The van der Waals surface area contributed by atoms with E-state index >= 15 is 0 Å². The average molecular weight is 550 g/mol. The van der Waals surface area contributed by atoms with Crippen LogP contribution in [0.3, 0.4) is 0 Å². The normalized spacial score (nSPS) is 28.2. The number of rotatable bonds is 7. The van der Waals surface area contributed by atoms with Crippen molar-refractivity contribution in [3.05, 3.63) is 34.6 Å². The second-order valence-electron chi connectivity index (χ2n) is 12.7. The van der Waals surface area contributed by atoms with E-state index in [9.17, 15) is 9.59 Å². The third-order valence-electron chi connectivity index (χ3n) is 10.2. The number of para-hydroxylation sites is 2. The molecule has 2 bridgehead atoms. The lowest BCUT2D eigenvalue weighted by Gasteiger charge is -2.45. The predicted molar refractivity (Wildman–Crippen MR) is 159 cm³/mol. The third-order valence-corrected chi connectivity index (χ3v) is 10.2. The van der Waals surface area contributed by atoms with E-state index in [0.717, 1.165) is 42.9 Å². The molecule has 3 saturated heterocycles. The Kier molecular flexibility index (Phi) is 8.45. The maximum atomic E-state index is 14.3. The number of carbonyl (C=O) groups excluding carboxylic acids is 1. The Morgan fingerprint density at radius 3 is 2.38 bits per heavy atom.